The van der Waals surface area contributed by atoms with E-state index in [2.05, 4.69) is 55.8 Å². The molecule has 7 unspecified atom stereocenters. The van der Waals surface area contributed by atoms with Crippen LogP contribution in [0.25, 0.3) is 0 Å². The number of ether oxygens (including phenoxy) is 1. The van der Waals surface area contributed by atoms with E-state index in [1.54, 1.807) is 37.9 Å². The van der Waals surface area contributed by atoms with Crippen LogP contribution in [0.5, 0.6) is 0 Å². The highest BCUT2D eigenvalue weighted by Crippen LogP contribution is 2.33. The summed E-state index contributed by atoms with van der Waals surface area (Å²) in [5, 5.41) is 9.44. The SMILES string of the molecule is CCC(C)C(C(CC(=O)N1CCCC1C(CC(=O)NCCc1ccccc1)SC(C)C)OC)N(C)C(=O)C(NC(=O)C(NC)C(C)C)C(C)C. The second-order valence-corrected chi connectivity index (χ2v) is 16.7. The number of likely N-dealkylation sites (N-methyl/N-ethyl adjacent to an activating group) is 2. The van der Waals surface area contributed by atoms with Gasteiger partial charge in [-0.05, 0) is 54.9 Å². The fraction of sp³-hybridized carbons (Fsp3) is 0.744. The van der Waals surface area contributed by atoms with Crippen molar-refractivity contribution in [3.63, 3.8) is 0 Å². The topological polar surface area (TPSA) is 120 Å². The third kappa shape index (κ3) is 12.9. The van der Waals surface area contributed by atoms with E-state index in [1.165, 1.54) is 5.56 Å². The van der Waals surface area contributed by atoms with Crippen LogP contribution in [0.4, 0.5) is 0 Å². The van der Waals surface area contributed by atoms with Gasteiger partial charge in [0, 0.05) is 45.0 Å². The van der Waals surface area contributed by atoms with Crippen LogP contribution >= 0.6 is 11.8 Å². The number of rotatable bonds is 21. The number of hydrogen-bond acceptors (Lipinski definition) is 7. The van der Waals surface area contributed by atoms with Gasteiger partial charge in [0.2, 0.25) is 23.6 Å². The molecule has 10 nitrogen and oxygen atoms in total. The Kier molecular flexibility index (Phi) is 18.9. The zero-order valence-electron chi connectivity index (χ0n) is 32.7. The molecule has 7 atom stereocenters. The molecule has 0 saturated carbocycles. The van der Waals surface area contributed by atoms with Crippen molar-refractivity contribution in [2.24, 2.45) is 17.8 Å². The highest BCUT2D eigenvalue weighted by atomic mass is 32.2. The molecule has 1 aliphatic rings. The Morgan fingerprint density at radius 2 is 1.62 bits per heavy atom. The molecule has 1 aliphatic heterocycles. The van der Waals surface area contributed by atoms with Gasteiger partial charge in [-0.25, -0.2) is 0 Å². The quantitative estimate of drug-likeness (QED) is 0.166. The molecule has 1 aromatic rings. The first-order valence-electron chi connectivity index (χ1n) is 18.7. The molecule has 2 rings (SSSR count). The molecule has 1 heterocycles. The first-order chi connectivity index (χ1) is 23.7. The Bertz CT molecular complexity index is 1200. The average molecular weight is 718 g/mol. The molecular formula is C39H67N5O5S. The highest BCUT2D eigenvalue weighted by molar-refractivity contribution is 8.00. The number of likely N-dealkylation sites (tertiary alicyclic amines) is 1. The number of nitrogens with zero attached hydrogens (tertiary/aromatic N) is 2. The molecular weight excluding hydrogens is 651 g/mol. The molecule has 11 heteroatoms. The smallest absolute Gasteiger partial charge is 0.245 e. The van der Waals surface area contributed by atoms with Crippen molar-refractivity contribution >= 4 is 35.4 Å². The summed E-state index contributed by atoms with van der Waals surface area (Å²) in [6.07, 6.45) is 3.20. The summed E-state index contributed by atoms with van der Waals surface area (Å²) in [5.74, 6) is -0.475. The lowest BCUT2D eigenvalue weighted by molar-refractivity contribution is -0.146. The molecule has 50 heavy (non-hydrogen) atoms. The van der Waals surface area contributed by atoms with E-state index in [9.17, 15) is 19.2 Å². The monoisotopic (exact) mass is 717 g/mol. The van der Waals surface area contributed by atoms with E-state index in [0.29, 0.717) is 24.8 Å². The summed E-state index contributed by atoms with van der Waals surface area (Å²) >= 11 is 1.76. The van der Waals surface area contributed by atoms with E-state index in [0.717, 1.165) is 25.7 Å². The Morgan fingerprint density at radius 1 is 0.980 bits per heavy atom. The minimum absolute atomic E-state index is 0.00588. The molecule has 1 saturated heterocycles. The van der Waals surface area contributed by atoms with Gasteiger partial charge in [-0.3, -0.25) is 19.2 Å². The van der Waals surface area contributed by atoms with E-state index >= 15 is 0 Å². The number of benzene rings is 1. The van der Waals surface area contributed by atoms with Crippen LogP contribution < -0.4 is 16.0 Å². The van der Waals surface area contributed by atoms with Gasteiger partial charge in [-0.1, -0.05) is 92.1 Å². The first-order valence-corrected chi connectivity index (χ1v) is 19.6. The molecule has 284 valence electrons. The van der Waals surface area contributed by atoms with Gasteiger partial charge in [0.15, 0.2) is 0 Å². The Hall–Kier alpha value is -2.63. The highest BCUT2D eigenvalue weighted by Gasteiger charge is 2.41. The summed E-state index contributed by atoms with van der Waals surface area (Å²) in [5.41, 5.74) is 1.18. The number of carbonyl (C=O) groups excluding carboxylic acids is 4. The van der Waals surface area contributed by atoms with Crippen molar-refractivity contribution in [1.29, 1.82) is 0 Å². The fourth-order valence-corrected chi connectivity index (χ4v) is 8.53. The van der Waals surface area contributed by atoms with Gasteiger partial charge in [0.25, 0.3) is 0 Å². The third-order valence-corrected chi connectivity index (χ3v) is 11.4. The fourth-order valence-electron chi connectivity index (χ4n) is 7.12. The summed E-state index contributed by atoms with van der Waals surface area (Å²) in [6, 6.07) is 8.52. The van der Waals surface area contributed by atoms with E-state index < -0.39 is 18.2 Å². The van der Waals surface area contributed by atoms with E-state index in [1.807, 2.05) is 50.8 Å². The van der Waals surface area contributed by atoms with Gasteiger partial charge in [-0.15, -0.1) is 0 Å². The normalized spacial score (nSPS) is 18.4. The van der Waals surface area contributed by atoms with Crippen molar-refractivity contribution in [2.45, 2.75) is 135 Å². The summed E-state index contributed by atoms with van der Waals surface area (Å²) < 4.78 is 6.04. The minimum atomic E-state index is -0.725. The van der Waals surface area contributed by atoms with Crippen LogP contribution in [0.15, 0.2) is 30.3 Å². The largest absolute Gasteiger partial charge is 0.379 e. The van der Waals surface area contributed by atoms with Crippen LogP contribution in [0.1, 0.15) is 93.1 Å². The molecule has 0 aliphatic carbocycles. The molecule has 0 bridgehead atoms. The second kappa shape index (κ2) is 21.7. The lowest BCUT2D eigenvalue weighted by Crippen LogP contribution is -2.59. The number of nitrogens with one attached hydrogen (secondary N) is 3. The summed E-state index contributed by atoms with van der Waals surface area (Å²) in [4.78, 5) is 58.3. The number of hydrogen-bond donors (Lipinski definition) is 3. The maximum Gasteiger partial charge on any atom is 0.245 e. The van der Waals surface area contributed by atoms with Crippen molar-refractivity contribution in [3.8, 4) is 0 Å². The predicted octanol–water partition coefficient (Wildman–Crippen LogP) is 4.90. The number of amides is 4. The van der Waals surface area contributed by atoms with Crippen LogP contribution in [0.3, 0.4) is 0 Å². The molecule has 1 fully saturated rings. The second-order valence-electron chi connectivity index (χ2n) is 14.9. The molecule has 0 spiro atoms. The zero-order chi connectivity index (χ0) is 37.5. The van der Waals surface area contributed by atoms with Crippen LogP contribution in [0.2, 0.25) is 0 Å². The summed E-state index contributed by atoms with van der Waals surface area (Å²) in [6.45, 7) is 17.4. The molecule has 1 aromatic carbocycles. The summed E-state index contributed by atoms with van der Waals surface area (Å²) in [7, 11) is 5.12. The van der Waals surface area contributed by atoms with Gasteiger partial charge in [0.1, 0.15) is 6.04 Å². The maximum absolute atomic E-state index is 14.2. The van der Waals surface area contributed by atoms with Crippen LogP contribution in [-0.2, 0) is 30.3 Å². The van der Waals surface area contributed by atoms with Crippen molar-refractivity contribution in [2.75, 3.05) is 34.3 Å². The van der Waals surface area contributed by atoms with Gasteiger partial charge >= 0.3 is 0 Å². The van der Waals surface area contributed by atoms with Crippen molar-refractivity contribution in [1.82, 2.24) is 25.8 Å². The molecule has 3 N–H and O–H groups in total. The third-order valence-electron chi connectivity index (χ3n) is 10.0. The number of methoxy groups -OCH3 is 1. The minimum Gasteiger partial charge on any atom is -0.379 e. The predicted molar refractivity (Wildman–Crippen MR) is 205 cm³/mol. The zero-order valence-corrected chi connectivity index (χ0v) is 33.5. The van der Waals surface area contributed by atoms with E-state index in [4.69, 9.17) is 4.74 Å². The molecule has 0 aromatic heterocycles. The van der Waals surface area contributed by atoms with Crippen LogP contribution in [-0.4, -0.2) is 108 Å². The van der Waals surface area contributed by atoms with E-state index in [-0.39, 0.29) is 65.1 Å². The first kappa shape index (κ1) is 43.5. The van der Waals surface area contributed by atoms with Gasteiger partial charge < -0.3 is 30.5 Å². The van der Waals surface area contributed by atoms with Crippen molar-refractivity contribution in [3.05, 3.63) is 35.9 Å². The maximum atomic E-state index is 14.2. The Morgan fingerprint density at radius 3 is 2.16 bits per heavy atom. The molecule has 0 radical (unpaired) electrons. The Labute approximate surface area is 307 Å². The lowest BCUT2D eigenvalue weighted by atomic mass is 9.89. The average Bonchev–Trinajstić information content (AvgIpc) is 3.56. The number of thioether (sulfide) groups is 1. The van der Waals surface area contributed by atoms with Crippen molar-refractivity contribution < 1.29 is 23.9 Å². The van der Waals surface area contributed by atoms with Crippen LogP contribution in [0, 0.1) is 17.8 Å². The Balaban J connectivity index is 2.22. The lowest BCUT2D eigenvalue weighted by Gasteiger charge is -2.41. The number of carbonyl (C=O) groups is 4. The van der Waals surface area contributed by atoms with Gasteiger partial charge in [-0.2, -0.15) is 11.8 Å². The van der Waals surface area contributed by atoms with Gasteiger partial charge in [0.05, 0.1) is 24.6 Å². The standard InChI is InChI=1S/C39H67N5O5S/c1-12-28(8)37(43(10)39(48)36(26(4)5)42-38(47)35(40-9)25(2)3)31(49-11)23-34(46)44-22-16-19-30(44)32(50-27(6)7)24-33(45)41-21-20-29-17-14-13-15-18-29/h13-15,17-18,25-28,30-32,35-37,40H,12,16,19-24H2,1-11H3,(H,41,45)(H,42,47). The molecule has 4 amide bonds.